The third-order valence-electron chi connectivity index (χ3n) is 2.67. The van der Waals surface area contributed by atoms with Gasteiger partial charge in [-0.25, -0.2) is 0 Å². The second kappa shape index (κ2) is 10.5. The molecule has 17 heavy (non-hydrogen) atoms. The molecule has 0 amide bonds. The molecule has 0 saturated heterocycles. The minimum Gasteiger partial charge on any atom is -0.385 e. The molecule has 0 radical (unpaired) electrons. The van der Waals surface area contributed by atoms with Crippen molar-refractivity contribution < 1.29 is 9.47 Å². The van der Waals surface area contributed by atoms with E-state index in [1.807, 2.05) is 13.8 Å². The van der Waals surface area contributed by atoms with Crippen molar-refractivity contribution in [3.05, 3.63) is 0 Å². The fourth-order valence-corrected chi connectivity index (χ4v) is 1.66. The fraction of sp³-hybridized carbons (Fsp3) is 0.923. The van der Waals surface area contributed by atoms with Crippen molar-refractivity contribution in [2.24, 2.45) is 0 Å². The molecule has 0 aliphatic rings. The van der Waals surface area contributed by atoms with Crippen LogP contribution in [0.25, 0.3) is 0 Å². The van der Waals surface area contributed by atoms with E-state index in [-0.39, 0.29) is 5.54 Å². The molecule has 0 fully saturated rings. The van der Waals surface area contributed by atoms with E-state index in [1.165, 1.54) is 0 Å². The average molecular weight is 242 g/mol. The molecule has 0 aromatic rings. The molecule has 1 unspecified atom stereocenters. The van der Waals surface area contributed by atoms with Gasteiger partial charge in [-0.2, -0.15) is 5.26 Å². The van der Waals surface area contributed by atoms with E-state index in [1.54, 1.807) is 7.11 Å². The molecule has 0 bridgehead atoms. The zero-order chi connectivity index (χ0) is 13.0. The van der Waals surface area contributed by atoms with Crippen LogP contribution in [0.1, 0.15) is 39.5 Å². The number of hydrogen-bond donors (Lipinski definition) is 1. The Morgan fingerprint density at radius 3 is 2.47 bits per heavy atom. The molecule has 0 aliphatic heterocycles. The summed E-state index contributed by atoms with van der Waals surface area (Å²) in [7, 11) is 1.70. The van der Waals surface area contributed by atoms with E-state index in [0.29, 0.717) is 0 Å². The predicted octanol–water partition coefficient (Wildman–Crippen LogP) is 2.10. The van der Waals surface area contributed by atoms with Gasteiger partial charge in [-0.15, -0.1) is 0 Å². The summed E-state index contributed by atoms with van der Waals surface area (Å²) in [6, 6.07) is 2.33. The molecule has 0 heterocycles. The summed E-state index contributed by atoms with van der Waals surface area (Å²) in [5.41, 5.74) is -0.384. The van der Waals surface area contributed by atoms with Crippen molar-refractivity contribution in [3.8, 4) is 6.07 Å². The number of hydrogen-bond acceptors (Lipinski definition) is 4. The van der Waals surface area contributed by atoms with Crippen LogP contribution >= 0.6 is 0 Å². The number of nitrogens with one attached hydrogen (secondary N) is 1. The molecular formula is C13H26N2O2. The lowest BCUT2D eigenvalue weighted by atomic mass is 9.97. The van der Waals surface area contributed by atoms with Crippen LogP contribution in [0.3, 0.4) is 0 Å². The molecule has 100 valence electrons. The third kappa shape index (κ3) is 9.11. The van der Waals surface area contributed by atoms with Crippen LogP contribution in [0.4, 0.5) is 0 Å². The lowest BCUT2D eigenvalue weighted by Crippen LogP contribution is -2.40. The first kappa shape index (κ1) is 16.4. The zero-order valence-corrected chi connectivity index (χ0v) is 11.4. The Morgan fingerprint density at radius 1 is 1.18 bits per heavy atom. The predicted molar refractivity (Wildman–Crippen MR) is 68.9 cm³/mol. The van der Waals surface area contributed by atoms with E-state index in [0.717, 1.165) is 52.0 Å². The van der Waals surface area contributed by atoms with E-state index in [4.69, 9.17) is 14.7 Å². The molecule has 0 aliphatic carbocycles. The van der Waals surface area contributed by atoms with Gasteiger partial charge in [0.25, 0.3) is 0 Å². The minimum absolute atomic E-state index is 0.384. The van der Waals surface area contributed by atoms with Gasteiger partial charge in [0.15, 0.2) is 0 Å². The SMILES string of the molecule is CCNC(C)(C#N)CCCCOCCCOC. The average Bonchev–Trinajstić information content (AvgIpc) is 2.33. The summed E-state index contributed by atoms with van der Waals surface area (Å²) < 4.78 is 10.4. The Hall–Kier alpha value is -0.630. The van der Waals surface area contributed by atoms with Gasteiger partial charge < -0.3 is 9.47 Å². The Bertz CT molecular complexity index is 216. The number of unbranched alkanes of at least 4 members (excludes halogenated alkanes) is 1. The monoisotopic (exact) mass is 242 g/mol. The van der Waals surface area contributed by atoms with E-state index in [9.17, 15) is 0 Å². The summed E-state index contributed by atoms with van der Waals surface area (Å²) in [6.07, 6.45) is 3.85. The largest absolute Gasteiger partial charge is 0.385 e. The molecule has 0 aromatic carbocycles. The Kier molecular flexibility index (Phi) is 10.1. The van der Waals surface area contributed by atoms with Crippen molar-refractivity contribution in [1.29, 1.82) is 5.26 Å². The van der Waals surface area contributed by atoms with Crippen LogP contribution in [0.5, 0.6) is 0 Å². The van der Waals surface area contributed by atoms with Crippen molar-refractivity contribution in [2.75, 3.05) is 33.5 Å². The Labute approximate surface area is 105 Å². The van der Waals surface area contributed by atoms with E-state index < -0.39 is 0 Å². The highest BCUT2D eigenvalue weighted by atomic mass is 16.5. The van der Waals surface area contributed by atoms with Crippen LogP contribution in [0.2, 0.25) is 0 Å². The summed E-state index contributed by atoms with van der Waals surface area (Å²) in [5, 5.41) is 12.3. The quantitative estimate of drug-likeness (QED) is 0.564. The molecular weight excluding hydrogens is 216 g/mol. The maximum atomic E-state index is 9.06. The lowest BCUT2D eigenvalue weighted by Gasteiger charge is -2.22. The zero-order valence-electron chi connectivity index (χ0n) is 11.4. The highest BCUT2D eigenvalue weighted by Gasteiger charge is 2.20. The van der Waals surface area contributed by atoms with Crippen molar-refractivity contribution >= 4 is 0 Å². The number of rotatable bonds is 11. The summed E-state index contributed by atoms with van der Waals surface area (Å²) in [6.45, 7) is 7.10. The minimum atomic E-state index is -0.384. The molecule has 4 heteroatoms. The smallest absolute Gasteiger partial charge is 0.103 e. The Balaban J connectivity index is 3.41. The van der Waals surface area contributed by atoms with E-state index in [2.05, 4.69) is 11.4 Å². The van der Waals surface area contributed by atoms with Crippen LogP contribution < -0.4 is 5.32 Å². The summed E-state index contributed by atoms with van der Waals surface area (Å²) in [4.78, 5) is 0. The molecule has 0 spiro atoms. The maximum Gasteiger partial charge on any atom is 0.103 e. The third-order valence-corrected chi connectivity index (χ3v) is 2.67. The number of nitriles is 1. The standard InChI is InChI=1S/C13H26N2O2/c1-4-15-13(2,12-14)8-5-6-10-17-11-7-9-16-3/h15H,4-11H2,1-3H3. The van der Waals surface area contributed by atoms with Gasteiger partial charge in [-0.05, 0) is 39.2 Å². The molecule has 0 saturated carbocycles. The normalized spacial score (nSPS) is 14.2. The number of ether oxygens (including phenoxy) is 2. The summed E-state index contributed by atoms with van der Waals surface area (Å²) in [5.74, 6) is 0. The maximum absolute atomic E-state index is 9.06. The first-order valence-electron chi connectivity index (χ1n) is 6.41. The van der Waals surface area contributed by atoms with E-state index >= 15 is 0 Å². The highest BCUT2D eigenvalue weighted by Crippen LogP contribution is 2.12. The van der Waals surface area contributed by atoms with Crippen LogP contribution in [-0.2, 0) is 9.47 Å². The van der Waals surface area contributed by atoms with Gasteiger partial charge in [0.05, 0.1) is 6.07 Å². The Morgan fingerprint density at radius 2 is 1.88 bits per heavy atom. The molecule has 0 aromatic heterocycles. The molecule has 1 atom stereocenters. The van der Waals surface area contributed by atoms with Crippen molar-refractivity contribution in [3.63, 3.8) is 0 Å². The van der Waals surface area contributed by atoms with Gasteiger partial charge >= 0.3 is 0 Å². The molecule has 0 rings (SSSR count). The van der Waals surface area contributed by atoms with Crippen LogP contribution in [-0.4, -0.2) is 39.0 Å². The summed E-state index contributed by atoms with van der Waals surface area (Å²) >= 11 is 0. The van der Waals surface area contributed by atoms with Crippen molar-refractivity contribution in [1.82, 2.24) is 5.32 Å². The van der Waals surface area contributed by atoms with Gasteiger partial charge in [0, 0.05) is 26.9 Å². The number of methoxy groups -OCH3 is 1. The molecule has 4 nitrogen and oxygen atoms in total. The van der Waals surface area contributed by atoms with Gasteiger partial charge in [0.1, 0.15) is 5.54 Å². The highest BCUT2D eigenvalue weighted by molar-refractivity contribution is 5.03. The molecule has 1 N–H and O–H groups in total. The topological polar surface area (TPSA) is 54.3 Å². The van der Waals surface area contributed by atoms with Gasteiger partial charge in [-0.1, -0.05) is 6.92 Å². The van der Waals surface area contributed by atoms with Gasteiger partial charge in [0.2, 0.25) is 0 Å². The fourth-order valence-electron chi connectivity index (χ4n) is 1.66. The van der Waals surface area contributed by atoms with Crippen LogP contribution in [0, 0.1) is 11.3 Å². The lowest BCUT2D eigenvalue weighted by molar-refractivity contribution is 0.0995. The van der Waals surface area contributed by atoms with Crippen molar-refractivity contribution in [2.45, 2.75) is 45.1 Å². The first-order valence-corrected chi connectivity index (χ1v) is 6.41. The second-order valence-corrected chi connectivity index (χ2v) is 4.39. The first-order chi connectivity index (χ1) is 8.18. The number of nitrogens with zero attached hydrogens (tertiary/aromatic N) is 1. The second-order valence-electron chi connectivity index (χ2n) is 4.39. The van der Waals surface area contributed by atoms with Gasteiger partial charge in [-0.3, -0.25) is 5.32 Å². The van der Waals surface area contributed by atoms with Crippen LogP contribution in [0.15, 0.2) is 0 Å².